The largest absolute Gasteiger partial charge is 0.361 e. The number of anilines is 1. The molecule has 0 spiro atoms. The average Bonchev–Trinajstić information content (AvgIpc) is 3.06. The zero-order chi connectivity index (χ0) is 18.5. The molecule has 1 amide bonds. The van der Waals surface area contributed by atoms with E-state index in [1.165, 1.54) is 24.3 Å². The number of rotatable bonds is 3. The van der Waals surface area contributed by atoms with Gasteiger partial charge in [0.25, 0.3) is 0 Å². The van der Waals surface area contributed by atoms with E-state index in [0.29, 0.717) is 28.3 Å². The van der Waals surface area contributed by atoms with E-state index in [0.717, 1.165) is 5.56 Å². The van der Waals surface area contributed by atoms with Crippen LogP contribution in [0.2, 0.25) is 0 Å². The molecule has 0 saturated heterocycles. The monoisotopic (exact) mass is 354 g/mol. The average molecular weight is 354 g/mol. The molecule has 1 N–H and O–H groups in total. The van der Waals surface area contributed by atoms with E-state index in [1.54, 1.807) is 32.0 Å². The van der Waals surface area contributed by atoms with Crippen LogP contribution in [0.25, 0.3) is 0 Å². The van der Waals surface area contributed by atoms with Crippen LogP contribution < -0.4 is 5.32 Å². The number of halogens is 2. The van der Waals surface area contributed by atoms with Gasteiger partial charge in [-0.05, 0) is 49.2 Å². The lowest BCUT2D eigenvalue weighted by Crippen LogP contribution is -2.38. The molecular weight excluding hydrogens is 338 g/mol. The molecule has 6 heteroatoms. The second-order valence-corrected chi connectivity index (χ2v) is 6.54. The van der Waals surface area contributed by atoms with E-state index in [-0.39, 0.29) is 12.3 Å². The summed E-state index contributed by atoms with van der Waals surface area (Å²) in [5, 5.41) is 6.70. The Morgan fingerprint density at radius 1 is 1.12 bits per heavy atom. The van der Waals surface area contributed by atoms with Crippen LogP contribution in [0, 0.1) is 25.5 Å². The summed E-state index contributed by atoms with van der Waals surface area (Å²) in [6.45, 7) is 3.57. The standard InChI is InChI=1S/C20H16F2N2O2/c1-11-16(12(2)26-24-11)10-20(13-4-3-5-14(21)8-13)17-7-6-15(22)9-18(17)23-19(20)25/h3-9H,10H2,1-2H3,(H,23,25). The molecule has 0 radical (unpaired) electrons. The third-order valence-electron chi connectivity index (χ3n) is 5.02. The van der Waals surface area contributed by atoms with Gasteiger partial charge in [-0.3, -0.25) is 4.79 Å². The number of benzene rings is 2. The van der Waals surface area contributed by atoms with Gasteiger partial charge in [0.05, 0.1) is 5.69 Å². The third kappa shape index (κ3) is 2.33. The van der Waals surface area contributed by atoms with Gasteiger partial charge in [-0.2, -0.15) is 0 Å². The second-order valence-electron chi connectivity index (χ2n) is 6.54. The summed E-state index contributed by atoms with van der Waals surface area (Å²) in [6.07, 6.45) is 0.238. The minimum Gasteiger partial charge on any atom is -0.361 e. The maximum Gasteiger partial charge on any atom is 0.239 e. The Morgan fingerprint density at radius 2 is 1.88 bits per heavy atom. The normalized spacial score (nSPS) is 18.7. The molecular formula is C20H16F2N2O2. The van der Waals surface area contributed by atoms with Gasteiger partial charge in [0, 0.05) is 17.7 Å². The number of nitrogens with zero attached hydrogens (tertiary/aromatic N) is 1. The quantitative estimate of drug-likeness (QED) is 0.772. The van der Waals surface area contributed by atoms with Crippen LogP contribution in [0.15, 0.2) is 47.0 Å². The molecule has 2 aromatic carbocycles. The number of aryl methyl sites for hydroxylation is 2. The smallest absolute Gasteiger partial charge is 0.239 e. The molecule has 4 nitrogen and oxygen atoms in total. The molecule has 2 heterocycles. The maximum absolute atomic E-state index is 14.0. The molecule has 132 valence electrons. The summed E-state index contributed by atoms with van der Waals surface area (Å²) in [6, 6.07) is 10.1. The Kier molecular flexibility index (Phi) is 3.64. The molecule has 0 aliphatic carbocycles. The van der Waals surface area contributed by atoms with Crippen LogP contribution in [0.1, 0.15) is 28.1 Å². The summed E-state index contributed by atoms with van der Waals surface area (Å²) >= 11 is 0. The van der Waals surface area contributed by atoms with Crippen LogP contribution in [0.3, 0.4) is 0 Å². The predicted octanol–water partition coefficient (Wildman–Crippen LogP) is 4.05. The van der Waals surface area contributed by atoms with Crippen molar-refractivity contribution in [1.82, 2.24) is 5.16 Å². The fraction of sp³-hybridized carbons (Fsp3) is 0.200. The van der Waals surface area contributed by atoms with Crippen LogP contribution in [-0.4, -0.2) is 11.1 Å². The molecule has 1 aromatic heterocycles. The lowest BCUT2D eigenvalue weighted by atomic mass is 9.71. The van der Waals surface area contributed by atoms with Crippen molar-refractivity contribution in [2.75, 3.05) is 5.32 Å². The highest BCUT2D eigenvalue weighted by atomic mass is 19.1. The lowest BCUT2D eigenvalue weighted by molar-refractivity contribution is -0.119. The van der Waals surface area contributed by atoms with Gasteiger partial charge in [-0.15, -0.1) is 0 Å². The van der Waals surface area contributed by atoms with Crippen molar-refractivity contribution in [3.8, 4) is 0 Å². The first-order valence-electron chi connectivity index (χ1n) is 8.21. The van der Waals surface area contributed by atoms with Crippen molar-refractivity contribution >= 4 is 11.6 Å². The Bertz CT molecular complexity index is 1010. The lowest BCUT2D eigenvalue weighted by Gasteiger charge is -2.28. The van der Waals surface area contributed by atoms with Crippen molar-refractivity contribution in [3.05, 3.63) is 82.2 Å². The third-order valence-corrected chi connectivity index (χ3v) is 5.02. The maximum atomic E-state index is 14.0. The highest BCUT2D eigenvalue weighted by Gasteiger charge is 2.49. The molecule has 0 fully saturated rings. The summed E-state index contributed by atoms with van der Waals surface area (Å²) < 4.78 is 32.9. The highest BCUT2D eigenvalue weighted by Crippen LogP contribution is 2.46. The first-order valence-corrected chi connectivity index (χ1v) is 8.21. The summed E-state index contributed by atoms with van der Waals surface area (Å²) in [4.78, 5) is 13.1. The van der Waals surface area contributed by atoms with Gasteiger partial charge < -0.3 is 9.84 Å². The Morgan fingerprint density at radius 3 is 2.58 bits per heavy atom. The predicted molar refractivity (Wildman–Crippen MR) is 91.9 cm³/mol. The van der Waals surface area contributed by atoms with Gasteiger partial charge in [-0.25, -0.2) is 8.78 Å². The summed E-state index contributed by atoms with van der Waals surface area (Å²) in [5.41, 5.74) is 1.76. The van der Waals surface area contributed by atoms with Crippen molar-refractivity contribution < 1.29 is 18.1 Å². The van der Waals surface area contributed by atoms with Crippen molar-refractivity contribution in [1.29, 1.82) is 0 Å². The number of hydrogen-bond donors (Lipinski definition) is 1. The fourth-order valence-electron chi connectivity index (χ4n) is 3.68. The SMILES string of the molecule is Cc1noc(C)c1CC1(c2cccc(F)c2)C(=O)Nc2cc(F)ccc21. The Labute approximate surface area is 148 Å². The Balaban J connectivity index is 1.99. The summed E-state index contributed by atoms with van der Waals surface area (Å²) in [7, 11) is 0. The number of fused-ring (bicyclic) bond motifs is 1. The number of nitrogens with one attached hydrogen (secondary N) is 1. The number of aromatic nitrogens is 1. The fourth-order valence-corrected chi connectivity index (χ4v) is 3.68. The van der Waals surface area contributed by atoms with Gasteiger partial charge in [-0.1, -0.05) is 23.4 Å². The molecule has 0 bridgehead atoms. The van der Waals surface area contributed by atoms with E-state index >= 15 is 0 Å². The number of carbonyl (C=O) groups excluding carboxylic acids is 1. The molecule has 3 aromatic rings. The molecule has 1 aliphatic rings. The van der Waals surface area contributed by atoms with E-state index in [4.69, 9.17) is 4.52 Å². The van der Waals surface area contributed by atoms with Gasteiger partial charge >= 0.3 is 0 Å². The van der Waals surface area contributed by atoms with Crippen LogP contribution in [0.5, 0.6) is 0 Å². The summed E-state index contributed by atoms with van der Waals surface area (Å²) in [5.74, 6) is -0.620. The molecule has 1 aliphatic heterocycles. The van der Waals surface area contributed by atoms with E-state index in [2.05, 4.69) is 10.5 Å². The van der Waals surface area contributed by atoms with E-state index < -0.39 is 17.0 Å². The molecule has 26 heavy (non-hydrogen) atoms. The van der Waals surface area contributed by atoms with E-state index in [9.17, 15) is 13.6 Å². The second kappa shape index (κ2) is 5.76. The van der Waals surface area contributed by atoms with Crippen molar-refractivity contribution in [3.63, 3.8) is 0 Å². The van der Waals surface area contributed by atoms with Crippen molar-refractivity contribution in [2.45, 2.75) is 25.7 Å². The molecule has 1 unspecified atom stereocenters. The van der Waals surface area contributed by atoms with Crippen LogP contribution in [-0.2, 0) is 16.6 Å². The number of carbonyl (C=O) groups is 1. The molecule has 4 rings (SSSR count). The van der Waals surface area contributed by atoms with E-state index in [1.807, 2.05) is 0 Å². The topological polar surface area (TPSA) is 55.1 Å². The minimum absolute atomic E-state index is 0.238. The molecule has 0 saturated carbocycles. The van der Waals surface area contributed by atoms with Crippen LogP contribution in [0.4, 0.5) is 14.5 Å². The zero-order valence-corrected chi connectivity index (χ0v) is 14.3. The minimum atomic E-state index is -1.19. The zero-order valence-electron chi connectivity index (χ0n) is 14.3. The van der Waals surface area contributed by atoms with Gasteiger partial charge in [0.2, 0.25) is 5.91 Å². The van der Waals surface area contributed by atoms with Gasteiger partial charge in [0.1, 0.15) is 22.8 Å². The number of hydrogen-bond acceptors (Lipinski definition) is 3. The van der Waals surface area contributed by atoms with Crippen molar-refractivity contribution in [2.24, 2.45) is 0 Å². The van der Waals surface area contributed by atoms with Crippen LogP contribution >= 0.6 is 0 Å². The van der Waals surface area contributed by atoms with Gasteiger partial charge in [0.15, 0.2) is 0 Å². The Hall–Kier alpha value is -3.02. The first-order chi connectivity index (χ1) is 12.4. The number of amides is 1. The first kappa shape index (κ1) is 16.4. The highest BCUT2D eigenvalue weighted by molar-refractivity contribution is 6.09. The molecule has 1 atom stereocenters.